The first kappa shape index (κ1) is 17.0. The Hall–Kier alpha value is -1.06. The van der Waals surface area contributed by atoms with E-state index in [2.05, 4.69) is 38.3 Å². The average molecular weight is 297 g/mol. The molecule has 0 saturated heterocycles. The van der Waals surface area contributed by atoms with Crippen LogP contribution in [-0.2, 0) is 4.79 Å². The molecule has 1 amide bonds. The molecule has 1 rings (SSSR count). The van der Waals surface area contributed by atoms with Crippen LogP contribution in [0.5, 0.6) is 0 Å². The lowest BCUT2D eigenvalue weighted by molar-refractivity contribution is -0.115. The van der Waals surface area contributed by atoms with Crippen molar-refractivity contribution in [2.75, 3.05) is 18.4 Å². The minimum atomic E-state index is -0.0654. The number of carbonyl (C=O) groups is 1. The molecular formula is C16H25ClN2O. The molecule has 1 aromatic rings. The number of rotatable bonds is 7. The van der Waals surface area contributed by atoms with Gasteiger partial charge in [-0.25, -0.2) is 0 Å². The van der Waals surface area contributed by atoms with Gasteiger partial charge < -0.3 is 10.6 Å². The van der Waals surface area contributed by atoms with E-state index in [0.29, 0.717) is 35.0 Å². The minimum absolute atomic E-state index is 0.0654. The molecule has 0 heterocycles. The van der Waals surface area contributed by atoms with Crippen LogP contribution in [-0.4, -0.2) is 19.0 Å². The Kier molecular flexibility index (Phi) is 7.03. The van der Waals surface area contributed by atoms with Gasteiger partial charge in [-0.1, -0.05) is 51.4 Å². The van der Waals surface area contributed by atoms with Gasteiger partial charge in [0.25, 0.3) is 0 Å². The van der Waals surface area contributed by atoms with Crippen LogP contribution in [0, 0.1) is 17.8 Å². The zero-order chi connectivity index (χ0) is 15.1. The molecule has 0 aliphatic carbocycles. The quantitative estimate of drug-likeness (QED) is 0.803. The van der Waals surface area contributed by atoms with Crippen molar-refractivity contribution in [3.05, 3.63) is 29.3 Å². The molecule has 1 aromatic carbocycles. The molecule has 0 unspecified atom stereocenters. The lowest BCUT2D eigenvalue weighted by Gasteiger charge is -2.25. The Morgan fingerprint density at radius 3 is 2.30 bits per heavy atom. The number of hydrogen-bond acceptors (Lipinski definition) is 2. The van der Waals surface area contributed by atoms with Crippen LogP contribution in [0.2, 0.25) is 5.02 Å². The SMILES string of the molecule is CC(C)C(CNCC(=O)Nc1ccccc1Cl)C(C)C. The van der Waals surface area contributed by atoms with E-state index in [1.165, 1.54) is 0 Å². The van der Waals surface area contributed by atoms with E-state index in [1.54, 1.807) is 12.1 Å². The molecule has 2 N–H and O–H groups in total. The normalized spacial score (nSPS) is 11.4. The zero-order valence-corrected chi connectivity index (χ0v) is 13.5. The molecule has 20 heavy (non-hydrogen) atoms. The Morgan fingerprint density at radius 1 is 1.15 bits per heavy atom. The first-order valence-electron chi connectivity index (χ1n) is 7.17. The summed E-state index contributed by atoms with van der Waals surface area (Å²) in [6.07, 6.45) is 0. The second-order valence-corrected chi connectivity index (χ2v) is 6.22. The van der Waals surface area contributed by atoms with Gasteiger partial charge in [0, 0.05) is 0 Å². The molecule has 112 valence electrons. The number of carbonyl (C=O) groups excluding carboxylic acids is 1. The van der Waals surface area contributed by atoms with Gasteiger partial charge in [-0.05, 0) is 36.4 Å². The fourth-order valence-corrected chi connectivity index (χ4v) is 2.53. The highest BCUT2D eigenvalue weighted by Gasteiger charge is 2.17. The maximum absolute atomic E-state index is 11.9. The fourth-order valence-electron chi connectivity index (χ4n) is 2.35. The van der Waals surface area contributed by atoms with Crippen LogP contribution in [0.3, 0.4) is 0 Å². The van der Waals surface area contributed by atoms with Gasteiger partial charge in [0.05, 0.1) is 17.3 Å². The maximum Gasteiger partial charge on any atom is 0.238 e. The summed E-state index contributed by atoms with van der Waals surface area (Å²) < 4.78 is 0. The van der Waals surface area contributed by atoms with E-state index in [4.69, 9.17) is 11.6 Å². The lowest BCUT2D eigenvalue weighted by Crippen LogP contribution is -2.35. The number of hydrogen-bond donors (Lipinski definition) is 2. The Morgan fingerprint density at radius 2 is 1.75 bits per heavy atom. The number of amides is 1. The monoisotopic (exact) mass is 296 g/mol. The van der Waals surface area contributed by atoms with E-state index < -0.39 is 0 Å². The van der Waals surface area contributed by atoms with E-state index in [-0.39, 0.29) is 5.91 Å². The fraction of sp³-hybridized carbons (Fsp3) is 0.562. The van der Waals surface area contributed by atoms with Crippen molar-refractivity contribution >= 4 is 23.2 Å². The first-order valence-corrected chi connectivity index (χ1v) is 7.54. The van der Waals surface area contributed by atoms with Crippen molar-refractivity contribution in [3.63, 3.8) is 0 Å². The van der Waals surface area contributed by atoms with E-state index in [9.17, 15) is 4.79 Å². The van der Waals surface area contributed by atoms with Gasteiger partial charge >= 0.3 is 0 Å². The summed E-state index contributed by atoms with van der Waals surface area (Å²) in [4.78, 5) is 11.9. The highest BCUT2D eigenvalue weighted by molar-refractivity contribution is 6.33. The summed E-state index contributed by atoms with van der Waals surface area (Å²) >= 11 is 6.00. The molecule has 0 radical (unpaired) electrons. The van der Waals surface area contributed by atoms with Crippen molar-refractivity contribution in [2.45, 2.75) is 27.7 Å². The second kappa shape index (κ2) is 8.28. The lowest BCUT2D eigenvalue weighted by atomic mass is 9.85. The minimum Gasteiger partial charge on any atom is -0.324 e. The summed E-state index contributed by atoms with van der Waals surface area (Å²) in [5.74, 6) is 1.72. The van der Waals surface area contributed by atoms with Crippen molar-refractivity contribution in [1.82, 2.24) is 5.32 Å². The largest absolute Gasteiger partial charge is 0.324 e. The van der Waals surface area contributed by atoms with Crippen LogP contribution in [0.15, 0.2) is 24.3 Å². The van der Waals surface area contributed by atoms with Crippen LogP contribution >= 0.6 is 11.6 Å². The highest BCUT2D eigenvalue weighted by Crippen LogP contribution is 2.20. The maximum atomic E-state index is 11.9. The molecule has 0 spiro atoms. The number of para-hydroxylation sites is 1. The summed E-state index contributed by atoms with van der Waals surface area (Å²) in [6.45, 7) is 10.0. The first-order chi connectivity index (χ1) is 9.41. The van der Waals surface area contributed by atoms with Gasteiger partial charge in [0.15, 0.2) is 0 Å². The predicted octanol–water partition coefficient (Wildman–Crippen LogP) is 3.80. The second-order valence-electron chi connectivity index (χ2n) is 5.81. The molecule has 0 saturated carbocycles. The van der Waals surface area contributed by atoms with Gasteiger partial charge in [-0.3, -0.25) is 4.79 Å². The van der Waals surface area contributed by atoms with Crippen LogP contribution < -0.4 is 10.6 Å². The van der Waals surface area contributed by atoms with Crippen molar-refractivity contribution < 1.29 is 4.79 Å². The topological polar surface area (TPSA) is 41.1 Å². The van der Waals surface area contributed by atoms with Crippen molar-refractivity contribution in [1.29, 1.82) is 0 Å². The molecule has 0 aliphatic rings. The number of benzene rings is 1. The standard InChI is InChI=1S/C16H25ClN2O/c1-11(2)13(12(3)4)9-18-10-16(20)19-15-8-6-5-7-14(15)17/h5-8,11-13,18H,9-10H2,1-4H3,(H,19,20). The summed E-state index contributed by atoms with van der Waals surface area (Å²) in [6, 6.07) is 7.25. The molecule has 3 nitrogen and oxygen atoms in total. The van der Waals surface area contributed by atoms with Crippen LogP contribution in [0.25, 0.3) is 0 Å². The number of nitrogens with one attached hydrogen (secondary N) is 2. The van der Waals surface area contributed by atoms with Gasteiger partial charge in [0.1, 0.15) is 0 Å². The molecular weight excluding hydrogens is 272 g/mol. The third kappa shape index (κ3) is 5.51. The van der Waals surface area contributed by atoms with E-state index >= 15 is 0 Å². The molecule has 0 bridgehead atoms. The Bertz CT molecular complexity index is 424. The Labute approximate surface area is 127 Å². The zero-order valence-electron chi connectivity index (χ0n) is 12.7. The third-order valence-electron chi connectivity index (χ3n) is 3.53. The van der Waals surface area contributed by atoms with Crippen molar-refractivity contribution in [2.24, 2.45) is 17.8 Å². The van der Waals surface area contributed by atoms with Gasteiger partial charge in [-0.15, -0.1) is 0 Å². The van der Waals surface area contributed by atoms with Gasteiger partial charge in [-0.2, -0.15) is 0 Å². The number of halogens is 1. The molecule has 0 atom stereocenters. The molecule has 4 heteroatoms. The summed E-state index contributed by atoms with van der Waals surface area (Å²) in [5.41, 5.74) is 0.658. The average Bonchev–Trinajstić information content (AvgIpc) is 2.36. The van der Waals surface area contributed by atoms with Crippen LogP contribution in [0.1, 0.15) is 27.7 Å². The Balaban J connectivity index is 2.39. The third-order valence-corrected chi connectivity index (χ3v) is 3.86. The smallest absolute Gasteiger partial charge is 0.238 e. The molecule has 0 aliphatic heterocycles. The predicted molar refractivity (Wildman–Crippen MR) is 86.1 cm³/mol. The highest BCUT2D eigenvalue weighted by atomic mass is 35.5. The van der Waals surface area contributed by atoms with E-state index in [1.807, 2.05) is 12.1 Å². The molecule has 0 aromatic heterocycles. The molecule has 0 fully saturated rings. The number of anilines is 1. The van der Waals surface area contributed by atoms with E-state index in [0.717, 1.165) is 6.54 Å². The summed E-state index contributed by atoms with van der Waals surface area (Å²) in [7, 11) is 0. The van der Waals surface area contributed by atoms with Gasteiger partial charge in [0.2, 0.25) is 5.91 Å². The van der Waals surface area contributed by atoms with Crippen molar-refractivity contribution in [3.8, 4) is 0 Å². The summed E-state index contributed by atoms with van der Waals surface area (Å²) in [5, 5.41) is 6.60. The van der Waals surface area contributed by atoms with Crippen LogP contribution in [0.4, 0.5) is 5.69 Å².